The molecule has 0 aliphatic carbocycles. The van der Waals surface area contributed by atoms with Crippen molar-refractivity contribution < 1.29 is 15.3 Å². The number of hydrogen-bond donors (Lipinski definition) is 5. The third-order valence-corrected chi connectivity index (χ3v) is 4.37. The average molecular weight is 364 g/mol. The predicted molar refractivity (Wildman–Crippen MR) is 96.0 cm³/mol. The van der Waals surface area contributed by atoms with E-state index in [1.807, 2.05) is 0 Å². The van der Waals surface area contributed by atoms with Crippen molar-refractivity contribution in [2.45, 2.75) is 70.2 Å². The first-order chi connectivity index (χ1) is 12.6. The fourth-order valence-electron chi connectivity index (χ4n) is 2.80. The molecule has 2 aromatic rings. The van der Waals surface area contributed by atoms with Gasteiger partial charge in [-0.15, -0.1) is 6.58 Å². The van der Waals surface area contributed by atoms with E-state index in [4.69, 9.17) is 0 Å². The zero-order chi connectivity index (χ0) is 18.9. The molecule has 0 aromatic carbocycles. The summed E-state index contributed by atoms with van der Waals surface area (Å²) >= 11 is 0. The number of aromatic nitrogens is 6. The minimum Gasteiger partial charge on any atom is -0.390 e. The number of aromatic amines is 2. The average Bonchev–Trinajstić information content (AvgIpc) is 3.29. The molecule has 0 fully saturated rings. The van der Waals surface area contributed by atoms with Crippen molar-refractivity contribution in [1.82, 2.24) is 30.8 Å². The zero-order valence-corrected chi connectivity index (χ0v) is 15.1. The number of nitrogens with one attached hydrogen (secondary N) is 2. The van der Waals surface area contributed by atoms with Gasteiger partial charge in [0.1, 0.15) is 23.2 Å². The minimum absolute atomic E-state index is 0.123. The summed E-state index contributed by atoms with van der Waals surface area (Å²) in [6, 6.07) is 0. The fourth-order valence-corrected chi connectivity index (χ4v) is 2.80. The van der Waals surface area contributed by atoms with Crippen LogP contribution >= 0.6 is 0 Å². The van der Waals surface area contributed by atoms with Crippen molar-refractivity contribution in [3.05, 3.63) is 24.0 Å². The minimum atomic E-state index is -0.994. The molecule has 3 atom stereocenters. The number of rotatable bonds is 12. The summed E-state index contributed by atoms with van der Waals surface area (Å²) in [6.45, 7) is 5.69. The highest BCUT2D eigenvalue weighted by atomic mass is 16.3. The van der Waals surface area contributed by atoms with Crippen LogP contribution in [0.3, 0.4) is 0 Å². The maximum Gasteiger partial charge on any atom is 0.141 e. The van der Waals surface area contributed by atoms with E-state index in [0.717, 1.165) is 19.3 Å². The Hall–Kier alpha value is -2.10. The molecular weight excluding hydrogens is 336 g/mol. The van der Waals surface area contributed by atoms with E-state index in [0.29, 0.717) is 23.5 Å². The van der Waals surface area contributed by atoms with Gasteiger partial charge in [-0.25, -0.2) is 0 Å². The van der Waals surface area contributed by atoms with E-state index in [-0.39, 0.29) is 12.1 Å². The highest BCUT2D eigenvalue weighted by Crippen LogP contribution is 2.26. The molecule has 9 nitrogen and oxygen atoms in total. The molecule has 9 heteroatoms. The fraction of sp³-hybridized carbons (Fsp3) is 0.647. The molecule has 0 saturated heterocycles. The zero-order valence-electron chi connectivity index (χ0n) is 15.1. The van der Waals surface area contributed by atoms with Gasteiger partial charge in [-0.3, -0.25) is 0 Å². The number of hydrogen-bond acceptors (Lipinski definition) is 7. The second kappa shape index (κ2) is 10.1. The van der Waals surface area contributed by atoms with Gasteiger partial charge >= 0.3 is 0 Å². The summed E-state index contributed by atoms with van der Waals surface area (Å²) in [5, 5.41) is 51.4. The molecule has 0 bridgehead atoms. The van der Waals surface area contributed by atoms with Crippen LogP contribution < -0.4 is 0 Å². The summed E-state index contributed by atoms with van der Waals surface area (Å²) in [5.74, 6) is 0. The number of nitrogens with zero attached hydrogens (tertiary/aromatic N) is 4. The standard InChI is InChI=1S/C17H28N6O3/c1-3-5-6-7-8-9-13(25)14(26)10-11-15(19-22-18-11)17-16(12(24)4-2)20-23-21-17/h4,12-14,24-26H,2-3,5-10H2,1H3,(H,18,19,22)(H,20,21,23). The van der Waals surface area contributed by atoms with Gasteiger partial charge in [0.05, 0.1) is 17.9 Å². The molecule has 0 amide bonds. The molecule has 0 radical (unpaired) electrons. The van der Waals surface area contributed by atoms with Gasteiger partial charge < -0.3 is 15.3 Å². The van der Waals surface area contributed by atoms with Gasteiger partial charge in [0, 0.05) is 6.42 Å². The van der Waals surface area contributed by atoms with Crippen molar-refractivity contribution in [3.8, 4) is 11.4 Å². The molecule has 144 valence electrons. The third kappa shape index (κ3) is 5.20. The smallest absolute Gasteiger partial charge is 0.141 e. The Morgan fingerprint density at radius 1 is 0.923 bits per heavy atom. The number of unbranched alkanes of at least 4 members (excludes halogenated alkanes) is 4. The van der Waals surface area contributed by atoms with Crippen molar-refractivity contribution in [2.75, 3.05) is 0 Å². The van der Waals surface area contributed by atoms with Crippen LogP contribution in [0.1, 0.15) is 62.9 Å². The molecule has 5 N–H and O–H groups in total. The van der Waals surface area contributed by atoms with Gasteiger partial charge in [0.2, 0.25) is 0 Å². The first-order valence-corrected chi connectivity index (χ1v) is 9.05. The van der Waals surface area contributed by atoms with Crippen molar-refractivity contribution in [3.63, 3.8) is 0 Å². The van der Waals surface area contributed by atoms with Gasteiger partial charge in [-0.05, 0) is 6.42 Å². The molecule has 26 heavy (non-hydrogen) atoms. The first kappa shape index (κ1) is 20.2. The van der Waals surface area contributed by atoms with Crippen molar-refractivity contribution in [2.24, 2.45) is 0 Å². The Kier molecular flexibility index (Phi) is 7.89. The summed E-state index contributed by atoms with van der Waals surface area (Å²) in [6.07, 6.45) is 4.67. The van der Waals surface area contributed by atoms with Crippen LogP contribution in [0.5, 0.6) is 0 Å². The number of aliphatic hydroxyl groups is 3. The molecule has 2 heterocycles. The normalized spacial score (nSPS) is 14.9. The third-order valence-electron chi connectivity index (χ3n) is 4.37. The summed E-state index contributed by atoms with van der Waals surface area (Å²) in [5.41, 5.74) is 1.45. The Bertz CT molecular complexity index is 671. The Morgan fingerprint density at radius 2 is 1.62 bits per heavy atom. The summed E-state index contributed by atoms with van der Waals surface area (Å²) in [7, 11) is 0. The van der Waals surface area contributed by atoms with Crippen LogP contribution in [-0.4, -0.2) is 58.3 Å². The molecule has 0 aliphatic heterocycles. The molecule has 2 aromatic heterocycles. The Balaban J connectivity index is 1.98. The van der Waals surface area contributed by atoms with E-state index in [1.165, 1.54) is 18.9 Å². The first-order valence-electron chi connectivity index (χ1n) is 9.05. The topological polar surface area (TPSA) is 144 Å². The van der Waals surface area contributed by atoms with E-state index in [1.54, 1.807) is 0 Å². The molecule has 0 aliphatic rings. The largest absolute Gasteiger partial charge is 0.390 e. The molecule has 2 rings (SSSR count). The SMILES string of the molecule is C=CC(O)c1n[nH]nc1-c1n[nH]nc1CC(O)C(O)CCCCCCC. The molecule has 0 saturated carbocycles. The molecular formula is C17H28N6O3. The van der Waals surface area contributed by atoms with Crippen LogP contribution in [0.15, 0.2) is 12.7 Å². The lowest BCUT2D eigenvalue weighted by Gasteiger charge is -2.17. The maximum atomic E-state index is 10.3. The summed E-state index contributed by atoms with van der Waals surface area (Å²) in [4.78, 5) is 0. The number of aliphatic hydroxyl groups excluding tert-OH is 3. The van der Waals surface area contributed by atoms with Crippen LogP contribution in [0.4, 0.5) is 0 Å². The van der Waals surface area contributed by atoms with Crippen molar-refractivity contribution in [1.29, 1.82) is 0 Å². The quantitative estimate of drug-likeness (QED) is 0.283. The summed E-state index contributed by atoms with van der Waals surface area (Å²) < 4.78 is 0. The van der Waals surface area contributed by atoms with Gasteiger partial charge in [0.25, 0.3) is 0 Å². The highest BCUT2D eigenvalue weighted by molar-refractivity contribution is 5.59. The van der Waals surface area contributed by atoms with Gasteiger partial charge in [0.15, 0.2) is 0 Å². The van der Waals surface area contributed by atoms with Crippen LogP contribution in [0.25, 0.3) is 11.4 Å². The van der Waals surface area contributed by atoms with Crippen LogP contribution in [0, 0.1) is 0 Å². The lowest BCUT2D eigenvalue weighted by Crippen LogP contribution is -2.28. The number of H-pyrrole nitrogens is 2. The second-order valence-corrected chi connectivity index (χ2v) is 6.40. The van der Waals surface area contributed by atoms with Gasteiger partial charge in [-0.2, -0.15) is 30.8 Å². The maximum absolute atomic E-state index is 10.3. The Labute approximate surface area is 152 Å². The van der Waals surface area contributed by atoms with E-state index < -0.39 is 18.3 Å². The van der Waals surface area contributed by atoms with E-state index >= 15 is 0 Å². The lowest BCUT2D eigenvalue weighted by atomic mass is 10.00. The van der Waals surface area contributed by atoms with E-state index in [2.05, 4.69) is 44.3 Å². The highest BCUT2D eigenvalue weighted by Gasteiger charge is 2.25. The molecule has 0 spiro atoms. The van der Waals surface area contributed by atoms with E-state index in [9.17, 15) is 15.3 Å². The second-order valence-electron chi connectivity index (χ2n) is 6.40. The predicted octanol–water partition coefficient (Wildman–Crippen LogP) is 1.43. The van der Waals surface area contributed by atoms with Crippen LogP contribution in [-0.2, 0) is 6.42 Å². The lowest BCUT2D eigenvalue weighted by molar-refractivity contribution is 0.0132. The monoisotopic (exact) mass is 364 g/mol. The Morgan fingerprint density at radius 3 is 2.35 bits per heavy atom. The van der Waals surface area contributed by atoms with Crippen molar-refractivity contribution >= 4 is 0 Å². The molecule has 3 unspecified atom stereocenters. The van der Waals surface area contributed by atoms with Gasteiger partial charge in [-0.1, -0.05) is 45.1 Å². The van der Waals surface area contributed by atoms with Crippen LogP contribution in [0.2, 0.25) is 0 Å².